The molecule has 3 heteroatoms. The molecule has 0 heterocycles. The van der Waals surface area contributed by atoms with Crippen LogP contribution < -0.4 is 5.32 Å². The average molecular weight is 200 g/mol. The van der Waals surface area contributed by atoms with Gasteiger partial charge in [0.25, 0.3) is 0 Å². The minimum absolute atomic E-state index is 0.594. The SMILES string of the molecule is CC(C)NCCCCCCN(C)C=O. The second-order valence-corrected chi connectivity index (χ2v) is 4.11. The first kappa shape index (κ1) is 13.4. The molecule has 0 radical (unpaired) electrons. The lowest BCUT2D eigenvalue weighted by molar-refractivity contribution is -0.117. The molecular formula is C11H24N2O. The van der Waals surface area contributed by atoms with Gasteiger partial charge in [0, 0.05) is 19.6 Å². The smallest absolute Gasteiger partial charge is 0.209 e. The maximum absolute atomic E-state index is 10.3. The fraction of sp³-hybridized carbons (Fsp3) is 0.909. The topological polar surface area (TPSA) is 32.3 Å². The minimum Gasteiger partial charge on any atom is -0.348 e. The number of unbranched alkanes of at least 4 members (excludes halogenated alkanes) is 3. The van der Waals surface area contributed by atoms with Crippen molar-refractivity contribution < 1.29 is 4.79 Å². The van der Waals surface area contributed by atoms with Crippen LogP contribution in [-0.2, 0) is 4.79 Å². The highest BCUT2D eigenvalue weighted by Gasteiger charge is 1.94. The summed E-state index contributed by atoms with van der Waals surface area (Å²) in [5, 5.41) is 3.39. The summed E-state index contributed by atoms with van der Waals surface area (Å²) in [7, 11) is 1.83. The molecule has 0 aliphatic rings. The standard InChI is InChI=1S/C11H24N2O/c1-11(2)12-8-6-4-5-7-9-13(3)10-14/h10-12H,4-9H2,1-3H3. The van der Waals surface area contributed by atoms with E-state index in [9.17, 15) is 4.79 Å². The molecule has 0 aromatic heterocycles. The predicted octanol–water partition coefficient (Wildman–Crippen LogP) is 1.63. The van der Waals surface area contributed by atoms with Crippen LogP contribution >= 0.6 is 0 Å². The minimum atomic E-state index is 0.594. The van der Waals surface area contributed by atoms with E-state index in [1.165, 1.54) is 19.3 Å². The van der Waals surface area contributed by atoms with E-state index in [0.29, 0.717) is 6.04 Å². The first-order chi connectivity index (χ1) is 6.66. The fourth-order valence-corrected chi connectivity index (χ4v) is 1.28. The first-order valence-corrected chi connectivity index (χ1v) is 5.55. The molecule has 0 fully saturated rings. The van der Waals surface area contributed by atoms with Crippen molar-refractivity contribution >= 4 is 6.41 Å². The molecule has 0 aromatic carbocycles. The van der Waals surface area contributed by atoms with E-state index in [0.717, 1.165) is 25.9 Å². The molecule has 14 heavy (non-hydrogen) atoms. The molecule has 3 nitrogen and oxygen atoms in total. The van der Waals surface area contributed by atoms with E-state index in [4.69, 9.17) is 0 Å². The number of rotatable bonds is 9. The average Bonchev–Trinajstić information content (AvgIpc) is 2.15. The molecule has 0 aliphatic heterocycles. The molecule has 0 bridgehead atoms. The highest BCUT2D eigenvalue weighted by atomic mass is 16.1. The van der Waals surface area contributed by atoms with Crippen molar-refractivity contribution in [3.8, 4) is 0 Å². The molecule has 0 saturated carbocycles. The van der Waals surface area contributed by atoms with Crippen LogP contribution in [0.5, 0.6) is 0 Å². The molecule has 1 N–H and O–H groups in total. The Kier molecular flexibility index (Phi) is 8.64. The highest BCUT2D eigenvalue weighted by Crippen LogP contribution is 1.99. The third kappa shape index (κ3) is 9.52. The molecular weight excluding hydrogens is 176 g/mol. The molecule has 0 aromatic rings. The van der Waals surface area contributed by atoms with Crippen LogP contribution in [0.4, 0.5) is 0 Å². The van der Waals surface area contributed by atoms with Crippen molar-refractivity contribution in [1.29, 1.82) is 0 Å². The highest BCUT2D eigenvalue weighted by molar-refractivity contribution is 5.46. The van der Waals surface area contributed by atoms with Gasteiger partial charge in [0.15, 0.2) is 0 Å². The number of hydrogen-bond acceptors (Lipinski definition) is 2. The van der Waals surface area contributed by atoms with Crippen LogP contribution in [-0.4, -0.2) is 37.5 Å². The number of carbonyl (C=O) groups excluding carboxylic acids is 1. The monoisotopic (exact) mass is 200 g/mol. The quantitative estimate of drug-likeness (QED) is 0.453. The summed E-state index contributed by atoms with van der Waals surface area (Å²) in [6.07, 6.45) is 5.73. The zero-order chi connectivity index (χ0) is 10.8. The van der Waals surface area contributed by atoms with Gasteiger partial charge in [-0.15, -0.1) is 0 Å². The van der Waals surface area contributed by atoms with Crippen LogP contribution in [0, 0.1) is 0 Å². The lowest BCUT2D eigenvalue weighted by Crippen LogP contribution is -2.23. The summed E-state index contributed by atoms with van der Waals surface area (Å²) in [6.45, 7) is 6.33. The van der Waals surface area contributed by atoms with E-state index in [-0.39, 0.29) is 0 Å². The van der Waals surface area contributed by atoms with Crippen molar-refractivity contribution in [1.82, 2.24) is 10.2 Å². The van der Waals surface area contributed by atoms with E-state index < -0.39 is 0 Å². The van der Waals surface area contributed by atoms with E-state index in [2.05, 4.69) is 19.2 Å². The molecule has 0 unspecified atom stereocenters. The van der Waals surface area contributed by atoms with Crippen molar-refractivity contribution in [3.05, 3.63) is 0 Å². The molecule has 84 valence electrons. The van der Waals surface area contributed by atoms with Gasteiger partial charge < -0.3 is 10.2 Å². The van der Waals surface area contributed by atoms with Crippen LogP contribution in [0.2, 0.25) is 0 Å². The van der Waals surface area contributed by atoms with Gasteiger partial charge in [0.05, 0.1) is 0 Å². The Bertz CT molecular complexity index is 137. The second kappa shape index (κ2) is 9.00. The number of hydrogen-bond donors (Lipinski definition) is 1. The van der Waals surface area contributed by atoms with Crippen molar-refractivity contribution in [3.63, 3.8) is 0 Å². The van der Waals surface area contributed by atoms with E-state index in [1.54, 1.807) is 4.90 Å². The Balaban J connectivity index is 3.02. The Morgan fingerprint density at radius 3 is 2.43 bits per heavy atom. The summed E-state index contributed by atoms with van der Waals surface area (Å²) in [5.41, 5.74) is 0. The zero-order valence-electron chi connectivity index (χ0n) is 9.75. The Morgan fingerprint density at radius 1 is 1.21 bits per heavy atom. The zero-order valence-corrected chi connectivity index (χ0v) is 9.75. The molecule has 0 spiro atoms. The van der Waals surface area contributed by atoms with Gasteiger partial charge in [-0.25, -0.2) is 0 Å². The maximum Gasteiger partial charge on any atom is 0.209 e. The Hall–Kier alpha value is -0.570. The number of amides is 1. The van der Waals surface area contributed by atoms with Gasteiger partial charge in [-0.2, -0.15) is 0 Å². The summed E-state index contributed by atoms with van der Waals surface area (Å²) in [6, 6.07) is 0.594. The summed E-state index contributed by atoms with van der Waals surface area (Å²) in [4.78, 5) is 12.0. The normalized spacial score (nSPS) is 10.6. The van der Waals surface area contributed by atoms with Crippen molar-refractivity contribution in [2.75, 3.05) is 20.1 Å². The molecule has 0 atom stereocenters. The van der Waals surface area contributed by atoms with Gasteiger partial charge in [0.2, 0.25) is 6.41 Å². The van der Waals surface area contributed by atoms with Gasteiger partial charge in [-0.1, -0.05) is 26.7 Å². The van der Waals surface area contributed by atoms with Crippen LogP contribution in [0.1, 0.15) is 39.5 Å². The van der Waals surface area contributed by atoms with Crippen LogP contribution in [0.15, 0.2) is 0 Å². The first-order valence-electron chi connectivity index (χ1n) is 5.55. The number of nitrogens with one attached hydrogen (secondary N) is 1. The van der Waals surface area contributed by atoms with Gasteiger partial charge in [0.1, 0.15) is 0 Å². The predicted molar refractivity (Wildman–Crippen MR) is 60.3 cm³/mol. The third-order valence-electron chi connectivity index (χ3n) is 2.17. The number of nitrogens with zero attached hydrogens (tertiary/aromatic N) is 1. The lowest BCUT2D eigenvalue weighted by atomic mass is 10.2. The third-order valence-corrected chi connectivity index (χ3v) is 2.17. The van der Waals surface area contributed by atoms with Crippen molar-refractivity contribution in [2.45, 2.75) is 45.6 Å². The summed E-state index contributed by atoms with van der Waals surface area (Å²) < 4.78 is 0. The van der Waals surface area contributed by atoms with Gasteiger partial charge in [-0.05, 0) is 19.4 Å². The van der Waals surface area contributed by atoms with Gasteiger partial charge >= 0.3 is 0 Å². The molecule has 0 rings (SSSR count). The van der Waals surface area contributed by atoms with Gasteiger partial charge in [-0.3, -0.25) is 4.79 Å². The summed E-state index contributed by atoms with van der Waals surface area (Å²) in [5.74, 6) is 0. The summed E-state index contributed by atoms with van der Waals surface area (Å²) >= 11 is 0. The molecule has 0 aliphatic carbocycles. The Morgan fingerprint density at radius 2 is 1.86 bits per heavy atom. The second-order valence-electron chi connectivity index (χ2n) is 4.11. The van der Waals surface area contributed by atoms with Crippen LogP contribution in [0.3, 0.4) is 0 Å². The van der Waals surface area contributed by atoms with Crippen LogP contribution in [0.25, 0.3) is 0 Å². The molecule has 0 saturated heterocycles. The maximum atomic E-state index is 10.3. The van der Waals surface area contributed by atoms with Crippen molar-refractivity contribution in [2.24, 2.45) is 0 Å². The largest absolute Gasteiger partial charge is 0.348 e. The molecule has 1 amide bonds. The van der Waals surface area contributed by atoms with E-state index >= 15 is 0 Å². The fourth-order valence-electron chi connectivity index (χ4n) is 1.28. The Labute approximate surface area is 87.9 Å². The number of carbonyl (C=O) groups is 1. The lowest BCUT2D eigenvalue weighted by Gasteiger charge is -2.10. The van der Waals surface area contributed by atoms with E-state index in [1.807, 2.05) is 7.05 Å².